The Morgan fingerprint density at radius 1 is 1.23 bits per heavy atom. The minimum absolute atomic E-state index is 0.400. The van der Waals surface area contributed by atoms with Gasteiger partial charge in [-0.1, -0.05) is 12.6 Å². The van der Waals surface area contributed by atoms with Gasteiger partial charge >= 0.3 is 6.09 Å². The molecule has 1 aromatic carbocycles. The lowest BCUT2D eigenvalue weighted by atomic mass is 10.1. The molecule has 1 aromatic rings. The average molecular weight is 307 g/mol. The number of hydrogen-bond acceptors (Lipinski definition) is 4. The molecular weight excluding hydrogens is 282 g/mol. The summed E-state index contributed by atoms with van der Waals surface area (Å²) < 4.78 is 15.8. The SMILES string of the molecule is C=CN(CCc1ccc(OC)c(OC)c1)C(=O)OC(C)(C)C. The number of rotatable bonds is 6. The summed E-state index contributed by atoms with van der Waals surface area (Å²) in [4.78, 5) is 13.5. The van der Waals surface area contributed by atoms with Crippen molar-refractivity contribution in [1.29, 1.82) is 0 Å². The van der Waals surface area contributed by atoms with E-state index < -0.39 is 11.7 Å². The highest BCUT2D eigenvalue weighted by atomic mass is 16.6. The first-order valence-electron chi connectivity index (χ1n) is 7.13. The molecule has 0 aromatic heterocycles. The highest BCUT2D eigenvalue weighted by molar-refractivity contribution is 5.69. The predicted octanol–water partition coefficient (Wildman–Crippen LogP) is 3.63. The number of hydrogen-bond donors (Lipinski definition) is 0. The van der Waals surface area contributed by atoms with Crippen LogP contribution in [0.15, 0.2) is 31.0 Å². The van der Waals surface area contributed by atoms with Gasteiger partial charge in [0.25, 0.3) is 0 Å². The van der Waals surface area contributed by atoms with E-state index >= 15 is 0 Å². The summed E-state index contributed by atoms with van der Waals surface area (Å²) in [5.74, 6) is 1.35. The largest absolute Gasteiger partial charge is 0.493 e. The van der Waals surface area contributed by atoms with Gasteiger partial charge in [0.1, 0.15) is 5.60 Å². The maximum absolute atomic E-state index is 12.0. The van der Waals surface area contributed by atoms with Gasteiger partial charge in [-0.25, -0.2) is 4.79 Å². The minimum atomic E-state index is -0.526. The molecule has 0 aliphatic carbocycles. The second-order valence-corrected chi connectivity index (χ2v) is 5.80. The van der Waals surface area contributed by atoms with Crippen LogP contribution in [0, 0.1) is 0 Å². The lowest BCUT2D eigenvalue weighted by Crippen LogP contribution is -2.34. The van der Waals surface area contributed by atoms with Crippen LogP contribution in [0.2, 0.25) is 0 Å². The molecule has 0 fully saturated rings. The normalized spacial score (nSPS) is 10.8. The molecule has 0 bridgehead atoms. The summed E-state index contributed by atoms with van der Waals surface area (Å²) in [6, 6.07) is 5.69. The highest BCUT2D eigenvalue weighted by Crippen LogP contribution is 2.27. The lowest BCUT2D eigenvalue weighted by Gasteiger charge is -2.25. The molecule has 22 heavy (non-hydrogen) atoms. The number of carbonyl (C=O) groups is 1. The van der Waals surface area contributed by atoms with Gasteiger partial charge in [0.15, 0.2) is 11.5 Å². The van der Waals surface area contributed by atoms with Gasteiger partial charge in [-0.05, 0) is 44.9 Å². The van der Waals surface area contributed by atoms with Crippen molar-refractivity contribution < 1.29 is 19.0 Å². The molecule has 0 saturated heterocycles. The van der Waals surface area contributed by atoms with Gasteiger partial charge < -0.3 is 14.2 Å². The maximum Gasteiger partial charge on any atom is 0.414 e. The van der Waals surface area contributed by atoms with Crippen LogP contribution in [-0.2, 0) is 11.2 Å². The number of methoxy groups -OCH3 is 2. The van der Waals surface area contributed by atoms with Crippen molar-refractivity contribution in [2.75, 3.05) is 20.8 Å². The van der Waals surface area contributed by atoms with Crippen LogP contribution in [-0.4, -0.2) is 37.4 Å². The van der Waals surface area contributed by atoms with Gasteiger partial charge in [-0.3, -0.25) is 4.90 Å². The first-order chi connectivity index (χ1) is 10.3. The number of amides is 1. The van der Waals surface area contributed by atoms with Gasteiger partial charge in [0.05, 0.1) is 14.2 Å². The first kappa shape index (κ1) is 17.9. The standard InChI is InChI=1S/C17H25NO4/c1-7-18(16(19)22-17(2,3)4)11-10-13-8-9-14(20-5)15(12-13)21-6/h7-9,12H,1,10-11H2,2-6H3. The fourth-order valence-electron chi connectivity index (χ4n) is 1.86. The van der Waals surface area contributed by atoms with Crippen molar-refractivity contribution in [3.63, 3.8) is 0 Å². The van der Waals surface area contributed by atoms with Crippen LogP contribution in [0.1, 0.15) is 26.3 Å². The second kappa shape index (κ2) is 7.73. The van der Waals surface area contributed by atoms with Crippen molar-refractivity contribution in [1.82, 2.24) is 4.90 Å². The summed E-state index contributed by atoms with van der Waals surface area (Å²) in [6.45, 7) is 9.65. The van der Waals surface area contributed by atoms with Crippen molar-refractivity contribution >= 4 is 6.09 Å². The van der Waals surface area contributed by atoms with E-state index in [9.17, 15) is 4.79 Å². The topological polar surface area (TPSA) is 48.0 Å². The maximum atomic E-state index is 12.0. The molecule has 0 unspecified atom stereocenters. The number of carbonyl (C=O) groups excluding carboxylic acids is 1. The quantitative estimate of drug-likeness (QED) is 0.805. The summed E-state index contributed by atoms with van der Waals surface area (Å²) in [5.41, 5.74) is 0.509. The molecule has 0 N–H and O–H groups in total. The van der Waals surface area contributed by atoms with E-state index in [1.165, 1.54) is 11.1 Å². The molecule has 122 valence electrons. The Bertz CT molecular complexity index is 520. The Morgan fingerprint density at radius 3 is 2.36 bits per heavy atom. The fraction of sp³-hybridized carbons (Fsp3) is 0.471. The van der Waals surface area contributed by atoms with Crippen LogP contribution >= 0.6 is 0 Å². The monoisotopic (exact) mass is 307 g/mol. The van der Waals surface area contributed by atoms with Crippen LogP contribution in [0.5, 0.6) is 11.5 Å². The van der Waals surface area contributed by atoms with Crippen LogP contribution in [0.25, 0.3) is 0 Å². The van der Waals surface area contributed by atoms with Crippen LogP contribution in [0.4, 0.5) is 4.79 Å². The molecule has 0 atom stereocenters. The molecule has 1 amide bonds. The molecule has 0 radical (unpaired) electrons. The summed E-state index contributed by atoms with van der Waals surface area (Å²) in [6.07, 6.45) is 1.74. The van der Waals surface area contributed by atoms with E-state index in [0.29, 0.717) is 24.5 Å². The zero-order valence-corrected chi connectivity index (χ0v) is 14.0. The van der Waals surface area contributed by atoms with E-state index in [1.807, 2.05) is 39.0 Å². The van der Waals surface area contributed by atoms with E-state index in [0.717, 1.165) is 5.56 Å². The molecule has 5 nitrogen and oxygen atoms in total. The molecule has 0 aliphatic rings. The molecule has 0 heterocycles. The summed E-state index contributed by atoms with van der Waals surface area (Å²) in [5, 5.41) is 0. The Balaban J connectivity index is 2.71. The van der Waals surface area contributed by atoms with Gasteiger partial charge in [-0.2, -0.15) is 0 Å². The van der Waals surface area contributed by atoms with Crippen molar-refractivity contribution in [3.05, 3.63) is 36.5 Å². The Labute approximate surface area is 132 Å². The lowest BCUT2D eigenvalue weighted by molar-refractivity contribution is 0.0337. The molecular formula is C17H25NO4. The highest BCUT2D eigenvalue weighted by Gasteiger charge is 2.20. The van der Waals surface area contributed by atoms with E-state index in [2.05, 4.69) is 6.58 Å². The second-order valence-electron chi connectivity index (χ2n) is 5.80. The van der Waals surface area contributed by atoms with Gasteiger partial charge in [-0.15, -0.1) is 0 Å². The summed E-state index contributed by atoms with van der Waals surface area (Å²) >= 11 is 0. The number of ether oxygens (including phenoxy) is 3. The molecule has 0 aliphatic heterocycles. The van der Waals surface area contributed by atoms with Gasteiger partial charge in [0.2, 0.25) is 0 Å². The van der Waals surface area contributed by atoms with Crippen molar-refractivity contribution in [2.24, 2.45) is 0 Å². The molecule has 1 rings (SSSR count). The number of nitrogens with zero attached hydrogens (tertiary/aromatic N) is 1. The molecule has 5 heteroatoms. The zero-order valence-electron chi connectivity index (χ0n) is 14.0. The van der Waals surface area contributed by atoms with E-state index in [1.54, 1.807) is 14.2 Å². The minimum Gasteiger partial charge on any atom is -0.493 e. The Morgan fingerprint density at radius 2 is 1.86 bits per heavy atom. The van der Waals surface area contributed by atoms with Crippen molar-refractivity contribution in [2.45, 2.75) is 32.8 Å². The van der Waals surface area contributed by atoms with E-state index in [-0.39, 0.29) is 0 Å². The summed E-state index contributed by atoms with van der Waals surface area (Å²) in [7, 11) is 3.19. The van der Waals surface area contributed by atoms with Crippen LogP contribution in [0.3, 0.4) is 0 Å². The zero-order chi connectivity index (χ0) is 16.8. The first-order valence-corrected chi connectivity index (χ1v) is 7.13. The smallest absolute Gasteiger partial charge is 0.414 e. The van der Waals surface area contributed by atoms with Crippen LogP contribution < -0.4 is 9.47 Å². The number of benzene rings is 1. The third kappa shape index (κ3) is 5.31. The third-order valence-electron chi connectivity index (χ3n) is 2.94. The van der Waals surface area contributed by atoms with Gasteiger partial charge in [0, 0.05) is 12.7 Å². The molecule has 0 spiro atoms. The Hall–Kier alpha value is -2.17. The average Bonchev–Trinajstić information content (AvgIpc) is 2.45. The Kier molecular flexibility index (Phi) is 6.28. The fourth-order valence-corrected chi connectivity index (χ4v) is 1.86. The molecule has 0 saturated carbocycles. The predicted molar refractivity (Wildman–Crippen MR) is 86.4 cm³/mol. The third-order valence-corrected chi connectivity index (χ3v) is 2.94. The van der Waals surface area contributed by atoms with E-state index in [4.69, 9.17) is 14.2 Å². The van der Waals surface area contributed by atoms with Crippen molar-refractivity contribution in [3.8, 4) is 11.5 Å².